The number of hydrogen-bond acceptors (Lipinski definition) is 1. The predicted molar refractivity (Wildman–Crippen MR) is 38.9 cm³/mol. The topological polar surface area (TPSA) is 20.3 Å². The molecule has 0 aliphatic carbocycles. The lowest BCUT2D eigenvalue weighted by Crippen LogP contribution is -2.07. The van der Waals surface area contributed by atoms with Gasteiger partial charge in [-0.05, 0) is 6.08 Å². The first-order chi connectivity index (χ1) is 4.20. The first-order valence-electron chi connectivity index (χ1n) is 2.11. The van der Waals surface area contributed by atoms with E-state index in [0.29, 0.717) is 5.03 Å². The molecule has 1 atom stereocenters. The van der Waals surface area contributed by atoms with E-state index in [9.17, 15) is 4.21 Å². The number of halogens is 2. The zero-order chi connectivity index (χ0) is 6.85. The quantitative estimate of drug-likeness (QED) is 0.525. The molecule has 5 heteroatoms. The zero-order valence-electron chi connectivity index (χ0n) is 4.25. The zero-order valence-corrected chi connectivity index (χ0v) is 6.58. The highest BCUT2D eigenvalue weighted by molar-refractivity contribution is 7.86. The molecule has 0 aromatic carbocycles. The van der Waals surface area contributed by atoms with Crippen molar-refractivity contribution < 1.29 is 4.21 Å². The summed E-state index contributed by atoms with van der Waals surface area (Å²) < 4.78 is 11.7. The third-order valence-electron chi connectivity index (χ3n) is 0.740. The van der Waals surface area contributed by atoms with Crippen molar-refractivity contribution in [2.45, 2.75) is 0 Å². The largest absolute Gasteiger partial charge is 0.231 e. The van der Waals surface area contributed by atoms with E-state index < -0.39 is 11.0 Å². The van der Waals surface area contributed by atoms with E-state index in [-0.39, 0.29) is 0 Å². The minimum Gasteiger partial charge on any atom is -0.231 e. The fraction of sp³-hybridized carbons (Fsp3) is 0. The van der Waals surface area contributed by atoms with Gasteiger partial charge in [0.2, 0.25) is 0 Å². The maximum atomic E-state index is 10.7. The van der Waals surface area contributed by atoms with Crippen molar-refractivity contribution in [3.8, 4) is 0 Å². The van der Waals surface area contributed by atoms with Gasteiger partial charge in [-0.1, -0.05) is 11.6 Å². The maximum absolute atomic E-state index is 10.7. The summed E-state index contributed by atoms with van der Waals surface area (Å²) in [5, 5.41) is 1.89. The molecular formula is C4H3Cl2NOS. The van der Waals surface area contributed by atoms with Crippen LogP contribution in [0.25, 0.3) is 0 Å². The number of rotatable bonds is 0. The molecule has 0 aromatic rings. The summed E-state index contributed by atoms with van der Waals surface area (Å²) in [6.07, 6.45) is 2.93. The molecule has 9 heavy (non-hydrogen) atoms. The Morgan fingerprint density at radius 1 is 1.67 bits per heavy atom. The summed E-state index contributed by atoms with van der Waals surface area (Å²) in [6.45, 7) is 0. The Morgan fingerprint density at radius 3 is 2.78 bits per heavy atom. The van der Waals surface area contributed by atoms with Gasteiger partial charge < -0.3 is 0 Å². The molecule has 0 spiro atoms. The lowest BCUT2D eigenvalue weighted by Gasteiger charge is -2.09. The fourth-order valence-electron chi connectivity index (χ4n) is 0.373. The number of allylic oxidation sites excluding steroid dienone is 2. The van der Waals surface area contributed by atoms with Crippen LogP contribution in [0.5, 0.6) is 0 Å². The van der Waals surface area contributed by atoms with Crippen molar-refractivity contribution in [2.75, 3.05) is 0 Å². The molecule has 2 nitrogen and oxygen atoms in total. The Labute approximate surface area is 65.4 Å². The Hall–Kier alpha value is 0.01000. The Balaban J connectivity index is 2.82. The van der Waals surface area contributed by atoms with Gasteiger partial charge in [-0.15, -0.1) is 0 Å². The smallest absolute Gasteiger partial charge is 0.159 e. The minimum absolute atomic E-state index is 0.476. The van der Waals surface area contributed by atoms with Crippen LogP contribution in [-0.4, -0.2) is 8.03 Å². The molecule has 0 saturated carbocycles. The first kappa shape index (κ1) is 7.12. The van der Waals surface area contributed by atoms with E-state index in [0.717, 1.165) is 3.82 Å². The van der Waals surface area contributed by atoms with Crippen LogP contribution in [-0.2, 0) is 11.0 Å². The Morgan fingerprint density at radius 2 is 2.33 bits per heavy atom. The highest BCUT2D eigenvalue weighted by Gasteiger charge is 2.06. The summed E-state index contributed by atoms with van der Waals surface area (Å²) >= 11 is 10.9. The van der Waals surface area contributed by atoms with Gasteiger partial charge >= 0.3 is 0 Å². The highest BCUT2D eigenvalue weighted by Crippen LogP contribution is 2.15. The molecule has 0 radical (unpaired) electrons. The molecule has 1 unspecified atom stereocenters. The van der Waals surface area contributed by atoms with Gasteiger partial charge in [-0.2, -0.15) is 0 Å². The van der Waals surface area contributed by atoms with Crippen molar-refractivity contribution in [1.82, 2.24) is 3.82 Å². The summed E-state index contributed by atoms with van der Waals surface area (Å²) in [5.41, 5.74) is 0. The van der Waals surface area contributed by atoms with Crippen molar-refractivity contribution >= 4 is 34.4 Å². The van der Waals surface area contributed by atoms with Crippen LogP contribution in [0.3, 0.4) is 0 Å². The van der Waals surface area contributed by atoms with Crippen LogP contribution in [0.15, 0.2) is 22.7 Å². The average Bonchev–Trinajstić information content (AvgIpc) is 1.80. The highest BCUT2D eigenvalue weighted by atomic mass is 35.5. The van der Waals surface area contributed by atoms with E-state index in [4.69, 9.17) is 23.4 Å². The van der Waals surface area contributed by atoms with E-state index in [1.165, 1.54) is 17.7 Å². The second-order valence-electron chi connectivity index (χ2n) is 1.36. The second-order valence-corrected chi connectivity index (χ2v) is 3.58. The van der Waals surface area contributed by atoms with Gasteiger partial charge in [0.05, 0.1) is 11.2 Å². The van der Waals surface area contributed by atoms with E-state index in [1.807, 2.05) is 0 Å². The standard InChI is InChI=1S/C4H3Cl2NOS/c5-4-1-2-9(8)7(6)3-4/h1-3H. The average molecular weight is 184 g/mol. The fourth-order valence-corrected chi connectivity index (χ4v) is 1.56. The molecule has 1 aliphatic rings. The summed E-state index contributed by atoms with van der Waals surface area (Å²) in [6, 6.07) is 0. The van der Waals surface area contributed by atoms with E-state index in [2.05, 4.69) is 0 Å². The molecular weight excluding hydrogens is 181 g/mol. The lowest BCUT2D eigenvalue weighted by molar-refractivity contribution is 0.669. The Kier molecular flexibility index (Phi) is 2.16. The van der Waals surface area contributed by atoms with Crippen LogP contribution in [0.1, 0.15) is 0 Å². The van der Waals surface area contributed by atoms with E-state index in [1.54, 1.807) is 0 Å². The molecule has 50 valence electrons. The molecule has 1 heterocycles. The lowest BCUT2D eigenvalue weighted by atomic mass is 10.6. The third kappa shape index (κ3) is 1.71. The van der Waals surface area contributed by atoms with Gasteiger partial charge in [0, 0.05) is 17.2 Å². The van der Waals surface area contributed by atoms with Crippen molar-refractivity contribution in [3.05, 3.63) is 22.7 Å². The van der Waals surface area contributed by atoms with Gasteiger partial charge in [0.1, 0.15) is 0 Å². The molecule has 0 aromatic heterocycles. The number of nitrogens with zero attached hydrogens (tertiary/aromatic N) is 1. The maximum Gasteiger partial charge on any atom is 0.159 e. The van der Waals surface area contributed by atoms with Gasteiger partial charge in [-0.25, -0.2) is 8.03 Å². The van der Waals surface area contributed by atoms with Crippen LogP contribution in [0.2, 0.25) is 0 Å². The molecule has 0 saturated heterocycles. The van der Waals surface area contributed by atoms with Crippen LogP contribution < -0.4 is 0 Å². The second kappa shape index (κ2) is 2.73. The summed E-state index contributed by atoms with van der Waals surface area (Å²) in [7, 11) is -1.25. The number of hydrogen-bond donors (Lipinski definition) is 0. The van der Waals surface area contributed by atoms with Gasteiger partial charge in [-0.3, -0.25) is 0 Å². The SMILES string of the molecule is O=S1C=CC(Cl)=CN1Cl. The minimum atomic E-state index is -1.25. The molecule has 0 fully saturated rings. The molecule has 0 bridgehead atoms. The summed E-state index contributed by atoms with van der Waals surface area (Å²) in [5.74, 6) is 0. The molecule has 0 N–H and O–H groups in total. The Bertz CT molecular complexity index is 201. The van der Waals surface area contributed by atoms with Gasteiger partial charge in [0.25, 0.3) is 0 Å². The monoisotopic (exact) mass is 183 g/mol. The van der Waals surface area contributed by atoms with Crippen LogP contribution in [0.4, 0.5) is 0 Å². The molecule has 0 amide bonds. The van der Waals surface area contributed by atoms with Crippen molar-refractivity contribution in [1.29, 1.82) is 0 Å². The van der Waals surface area contributed by atoms with E-state index >= 15 is 0 Å². The van der Waals surface area contributed by atoms with Gasteiger partial charge in [0.15, 0.2) is 11.0 Å². The predicted octanol–water partition coefficient (Wildman–Crippen LogP) is 1.71. The van der Waals surface area contributed by atoms with Crippen molar-refractivity contribution in [2.24, 2.45) is 0 Å². The molecule has 1 rings (SSSR count). The first-order valence-corrected chi connectivity index (χ1v) is 4.00. The van der Waals surface area contributed by atoms with Crippen LogP contribution in [0, 0.1) is 0 Å². The molecule has 1 aliphatic heterocycles. The van der Waals surface area contributed by atoms with Crippen molar-refractivity contribution in [3.63, 3.8) is 0 Å². The third-order valence-corrected chi connectivity index (χ3v) is 2.29. The van der Waals surface area contributed by atoms with Crippen LogP contribution >= 0.6 is 23.4 Å². The normalized spacial score (nSPS) is 26.2. The summed E-state index contributed by atoms with van der Waals surface area (Å²) in [4.78, 5) is 0.